The number of anilines is 1. The maximum atomic E-state index is 13.8. The fraction of sp³-hybridized carbons (Fsp3) is 0.480. The van der Waals surface area contributed by atoms with E-state index in [4.69, 9.17) is 16.3 Å². The number of carbonyl (C=O) groups excluding carboxylic acids is 2. The minimum atomic E-state index is -4.51. The molecule has 38 heavy (non-hydrogen) atoms. The highest BCUT2D eigenvalue weighted by Gasteiger charge is 2.55. The summed E-state index contributed by atoms with van der Waals surface area (Å²) in [6.45, 7) is -0.458. The Morgan fingerprint density at radius 2 is 2.00 bits per heavy atom. The van der Waals surface area contributed by atoms with Gasteiger partial charge in [-0.1, -0.05) is 11.6 Å². The number of aromatic nitrogens is 4. The fourth-order valence-corrected chi connectivity index (χ4v) is 6.13. The smallest absolute Gasteiger partial charge is 0.408 e. The average Bonchev–Trinajstić information content (AvgIpc) is 3.61. The van der Waals surface area contributed by atoms with Gasteiger partial charge in [-0.2, -0.15) is 18.3 Å². The van der Waals surface area contributed by atoms with E-state index < -0.39 is 30.1 Å². The molecule has 0 aromatic carbocycles. The Labute approximate surface area is 220 Å². The number of nitrogens with one attached hydrogen (secondary N) is 1. The van der Waals surface area contributed by atoms with Crippen molar-refractivity contribution in [1.82, 2.24) is 25.1 Å². The number of carbonyl (C=O) groups is 2. The van der Waals surface area contributed by atoms with E-state index in [1.165, 1.54) is 11.0 Å². The van der Waals surface area contributed by atoms with Crippen LogP contribution in [0.15, 0.2) is 30.6 Å². The SMILES string of the molecule is O=C(CN1C(=O)C2(CCC(Oc3cnc4[nH]ncc4c3)CC2)c2nc(Cl)ccc21)N1CCC[C@H]1C(F)(F)F. The van der Waals surface area contributed by atoms with E-state index >= 15 is 0 Å². The maximum Gasteiger partial charge on any atom is 0.408 e. The molecule has 5 heterocycles. The number of pyridine rings is 2. The van der Waals surface area contributed by atoms with Crippen molar-refractivity contribution >= 4 is 40.1 Å². The molecule has 3 aromatic rings. The number of ether oxygens (including phenoxy) is 1. The third-order valence-electron chi connectivity index (χ3n) is 7.84. The largest absolute Gasteiger partial charge is 0.489 e. The Kier molecular flexibility index (Phi) is 5.97. The fourth-order valence-electron chi connectivity index (χ4n) is 5.98. The molecule has 6 rings (SSSR count). The summed E-state index contributed by atoms with van der Waals surface area (Å²) < 4.78 is 46.5. The topological polar surface area (TPSA) is 104 Å². The molecule has 3 aromatic heterocycles. The number of fused-ring (bicyclic) bond motifs is 3. The molecule has 0 unspecified atom stereocenters. The lowest BCUT2D eigenvalue weighted by molar-refractivity contribution is -0.182. The third-order valence-corrected chi connectivity index (χ3v) is 8.05. The van der Waals surface area contributed by atoms with Crippen molar-refractivity contribution in [2.75, 3.05) is 18.0 Å². The molecule has 1 N–H and O–H groups in total. The summed E-state index contributed by atoms with van der Waals surface area (Å²) >= 11 is 6.19. The van der Waals surface area contributed by atoms with Gasteiger partial charge in [0, 0.05) is 11.9 Å². The number of aromatic amines is 1. The van der Waals surface area contributed by atoms with E-state index in [9.17, 15) is 22.8 Å². The van der Waals surface area contributed by atoms with Crippen molar-refractivity contribution in [3.05, 3.63) is 41.4 Å². The van der Waals surface area contributed by atoms with E-state index in [1.807, 2.05) is 6.07 Å². The van der Waals surface area contributed by atoms with Gasteiger partial charge in [0.15, 0.2) is 5.65 Å². The van der Waals surface area contributed by atoms with Gasteiger partial charge in [-0.3, -0.25) is 14.7 Å². The molecule has 3 aliphatic rings. The lowest BCUT2D eigenvalue weighted by Gasteiger charge is -2.36. The molecule has 0 radical (unpaired) electrons. The van der Waals surface area contributed by atoms with Crippen LogP contribution in [-0.2, 0) is 15.0 Å². The van der Waals surface area contributed by atoms with Crippen LogP contribution in [0.5, 0.6) is 5.75 Å². The zero-order chi connectivity index (χ0) is 26.7. The highest BCUT2D eigenvalue weighted by atomic mass is 35.5. The van der Waals surface area contributed by atoms with Gasteiger partial charge < -0.3 is 14.5 Å². The van der Waals surface area contributed by atoms with Crippen LogP contribution in [0.3, 0.4) is 0 Å². The Morgan fingerprint density at radius 1 is 1.21 bits per heavy atom. The van der Waals surface area contributed by atoms with Gasteiger partial charge >= 0.3 is 6.18 Å². The first-order chi connectivity index (χ1) is 18.2. The predicted octanol–water partition coefficient (Wildman–Crippen LogP) is 4.17. The summed E-state index contributed by atoms with van der Waals surface area (Å²) in [5.41, 5.74) is 0.531. The van der Waals surface area contributed by atoms with Crippen molar-refractivity contribution in [1.29, 1.82) is 0 Å². The van der Waals surface area contributed by atoms with E-state index in [2.05, 4.69) is 20.2 Å². The molecule has 1 saturated carbocycles. The molecule has 1 aliphatic carbocycles. The number of hydrogen-bond acceptors (Lipinski definition) is 6. The zero-order valence-corrected chi connectivity index (χ0v) is 20.9. The van der Waals surface area contributed by atoms with Crippen molar-refractivity contribution in [2.24, 2.45) is 0 Å². The minimum absolute atomic E-state index is 0.0143. The van der Waals surface area contributed by atoms with E-state index in [0.717, 1.165) is 10.3 Å². The average molecular weight is 549 g/mol. The number of halogens is 4. The van der Waals surface area contributed by atoms with E-state index in [0.29, 0.717) is 48.5 Å². The second-order valence-electron chi connectivity index (χ2n) is 10.1. The minimum Gasteiger partial charge on any atom is -0.489 e. The maximum absolute atomic E-state index is 13.8. The number of rotatable bonds is 4. The number of hydrogen-bond donors (Lipinski definition) is 1. The quantitative estimate of drug-likeness (QED) is 0.491. The Balaban J connectivity index is 1.21. The molecule has 2 fully saturated rings. The zero-order valence-electron chi connectivity index (χ0n) is 20.2. The highest BCUT2D eigenvalue weighted by Crippen LogP contribution is 2.50. The van der Waals surface area contributed by atoms with Crippen LogP contribution in [0.4, 0.5) is 18.9 Å². The van der Waals surface area contributed by atoms with Crippen LogP contribution in [0.2, 0.25) is 5.15 Å². The van der Waals surface area contributed by atoms with E-state index in [1.54, 1.807) is 18.5 Å². The number of amides is 2. The van der Waals surface area contributed by atoms with Gasteiger partial charge in [0.25, 0.3) is 0 Å². The van der Waals surface area contributed by atoms with Crippen molar-refractivity contribution in [2.45, 2.75) is 62.3 Å². The Hall–Kier alpha value is -3.41. The second kappa shape index (κ2) is 9.11. The van der Waals surface area contributed by atoms with Crippen LogP contribution in [0, 0.1) is 0 Å². The summed E-state index contributed by atoms with van der Waals surface area (Å²) in [6.07, 6.45) is 0.596. The normalized spacial score (nSPS) is 25.4. The highest BCUT2D eigenvalue weighted by molar-refractivity contribution is 6.29. The van der Waals surface area contributed by atoms with E-state index in [-0.39, 0.29) is 36.6 Å². The molecule has 1 spiro atoms. The van der Waals surface area contributed by atoms with Crippen molar-refractivity contribution in [3.63, 3.8) is 0 Å². The molecule has 2 aliphatic heterocycles. The first-order valence-corrected chi connectivity index (χ1v) is 12.8. The summed E-state index contributed by atoms with van der Waals surface area (Å²) in [5, 5.41) is 7.77. The van der Waals surface area contributed by atoms with Gasteiger partial charge in [-0.25, -0.2) is 9.97 Å². The third kappa shape index (κ3) is 4.14. The van der Waals surface area contributed by atoms with Crippen LogP contribution in [0.1, 0.15) is 44.2 Å². The lowest BCUT2D eigenvalue weighted by Crippen LogP contribution is -2.51. The van der Waals surface area contributed by atoms with Crippen LogP contribution < -0.4 is 9.64 Å². The lowest BCUT2D eigenvalue weighted by atomic mass is 9.71. The van der Waals surface area contributed by atoms with Gasteiger partial charge in [0.05, 0.1) is 35.3 Å². The van der Waals surface area contributed by atoms with Crippen LogP contribution in [-0.4, -0.2) is 68.3 Å². The predicted molar refractivity (Wildman–Crippen MR) is 131 cm³/mol. The number of H-pyrrole nitrogens is 1. The van der Waals surface area contributed by atoms with Gasteiger partial charge in [0.1, 0.15) is 23.5 Å². The van der Waals surface area contributed by atoms with Crippen LogP contribution in [0.25, 0.3) is 11.0 Å². The number of alkyl halides is 3. The molecular weight excluding hydrogens is 525 g/mol. The molecule has 9 nitrogen and oxygen atoms in total. The van der Waals surface area contributed by atoms with Gasteiger partial charge in [0.2, 0.25) is 11.8 Å². The molecule has 0 bridgehead atoms. The first-order valence-electron chi connectivity index (χ1n) is 12.5. The molecule has 1 atom stereocenters. The molecule has 200 valence electrons. The van der Waals surface area contributed by atoms with Crippen molar-refractivity contribution in [3.8, 4) is 5.75 Å². The second-order valence-corrected chi connectivity index (χ2v) is 10.4. The number of likely N-dealkylation sites (tertiary alicyclic amines) is 1. The Morgan fingerprint density at radius 3 is 2.76 bits per heavy atom. The standard InChI is InChI=1S/C25H24ClF3N6O3/c26-19-4-3-17-21(32-19)24(23(37)35(17)13-20(36)34-9-1-2-18(34)25(27,28)29)7-5-15(6-8-24)38-16-10-14-11-31-33-22(14)30-12-16/h3-4,10-12,15,18H,1-2,5-9,13H2,(H,30,31,33)/t15?,18-,24?/m0/s1. The summed E-state index contributed by atoms with van der Waals surface area (Å²) in [6, 6.07) is 3.15. The molecular formula is C25H24ClF3N6O3. The van der Waals surface area contributed by atoms with Crippen LogP contribution >= 0.6 is 11.6 Å². The Bertz CT molecular complexity index is 1400. The monoisotopic (exact) mass is 548 g/mol. The summed E-state index contributed by atoms with van der Waals surface area (Å²) in [7, 11) is 0. The van der Waals surface area contributed by atoms with Gasteiger partial charge in [-0.05, 0) is 56.7 Å². The molecule has 2 amide bonds. The molecule has 13 heteroatoms. The van der Waals surface area contributed by atoms with Crippen molar-refractivity contribution < 1.29 is 27.5 Å². The number of nitrogens with zero attached hydrogens (tertiary/aromatic N) is 5. The first kappa shape index (κ1) is 24.9. The van der Waals surface area contributed by atoms with Gasteiger partial charge in [-0.15, -0.1) is 0 Å². The molecule has 1 saturated heterocycles. The summed E-state index contributed by atoms with van der Waals surface area (Å²) in [4.78, 5) is 37.8. The summed E-state index contributed by atoms with van der Waals surface area (Å²) in [5.74, 6) is -0.468.